The summed E-state index contributed by atoms with van der Waals surface area (Å²) in [6.45, 7) is -0.0133. The Kier molecular flexibility index (Phi) is 9.03. The summed E-state index contributed by atoms with van der Waals surface area (Å²) in [7, 11) is -2.25. The number of carbonyl (C=O) groups is 2. The summed E-state index contributed by atoms with van der Waals surface area (Å²) in [6.07, 6.45) is 1.04. The number of likely N-dealkylation sites (N-methyl/N-ethyl adjacent to an activating group) is 1. The van der Waals surface area contributed by atoms with Crippen LogP contribution in [0.5, 0.6) is 0 Å². The summed E-state index contributed by atoms with van der Waals surface area (Å²) in [5.74, 6) is -0.866. The minimum absolute atomic E-state index is 0.130. The zero-order valence-electron chi connectivity index (χ0n) is 19.6. The molecular formula is C26H28ClN3O4S. The van der Waals surface area contributed by atoms with Crippen LogP contribution in [0.3, 0.4) is 0 Å². The normalized spacial score (nSPS) is 12.2. The van der Waals surface area contributed by atoms with E-state index in [1.54, 1.807) is 36.4 Å². The fourth-order valence-corrected chi connectivity index (χ4v) is 3.97. The van der Waals surface area contributed by atoms with Crippen molar-refractivity contribution in [3.8, 4) is 0 Å². The molecule has 0 spiro atoms. The summed E-state index contributed by atoms with van der Waals surface area (Å²) < 4.78 is 24.9. The Morgan fingerprint density at radius 2 is 1.46 bits per heavy atom. The Labute approximate surface area is 211 Å². The van der Waals surface area contributed by atoms with Crippen LogP contribution in [-0.4, -0.2) is 49.3 Å². The van der Waals surface area contributed by atoms with Crippen molar-refractivity contribution in [2.75, 3.05) is 19.8 Å². The predicted octanol–water partition coefficient (Wildman–Crippen LogP) is 3.62. The van der Waals surface area contributed by atoms with Crippen LogP contribution in [0.2, 0.25) is 5.02 Å². The Balaban J connectivity index is 1.95. The molecule has 0 bridgehead atoms. The van der Waals surface area contributed by atoms with Crippen molar-refractivity contribution >= 4 is 33.4 Å². The monoisotopic (exact) mass is 513 g/mol. The molecule has 0 heterocycles. The van der Waals surface area contributed by atoms with Crippen molar-refractivity contribution in [1.82, 2.24) is 14.5 Å². The molecule has 0 radical (unpaired) electrons. The Hall–Kier alpha value is -3.20. The number of sulfonamides is 1. The van der Waals surface area contributed by atoms with Gasteiger partial charge in [0.15, 0.2) is 0 Å². The van der Waals surface area contributed by atoms with Gasteiger partial charge in [-0.05, 0) is 28.8 Å². The second kappa shape index (κ2) is 12.0. The molecular weight excluding hydrogens is 486 g/mol. The van der Waals surface area contributed by atoms with Crippen molar-refractivity contribution in [2.24, 2.45) is 0 Å². The smallest absolute Gasteiger partial charge is 0.247 e. The molecule has 0 aliphatic heterocycles. The fraction of sp³-hybridized carbons (Fsp3) is 0.231. The molecule has 0 aliphatic carbocycles. The van der Waals surface area contributed by atoms with Crippen molar-refractivity contribution in [3.05, 3.63) is 107 Å². The molecule has 0 saturated carbocycles. The van der Waals surface area contributed by atoms with Crippen LogP contribution in [0.1, 0.15) is 22.7 Å². The van der Waals surface area contributed by atoms with E-state index >= 15 is 0 Å². The second-order valence-corrected chi connectivity index (χ2v) is 10.7. The number of nitrogens with one attached hydrogen (secondary N) is 1. The number of halogens is 1. The number of hydrogen-bond donors (Lipinski definition) is 1. The molecule has 9 heteroatoms. The van der Waals surface area contributed by atoms with E-state index in [9.17, 15) is 18.0 Å². The third-order valence-electron chi connectivity index (χ3n) is 5.50. The van der Waals surface area contributed by atoms with Gasteiger partial charge in [0, 0.05) is 25.2 Å². The van der Waals surface area contributed by atoms with Gasteiger partial charge < -0.3 is 10.2 Å². The van der Waals surface area contributed by atoms with Gasteiger partial charge in [-0.15, -0.1) is 0 Å². The minimum Gasteiger partial charge on any atom is -0.350 e. The first-order valence-corrected chi connectivity index (χ1v) is 13.2. The van der Waals surface area contributed by atoms with Crippen LogP contribution in [0.15, 0.2) is 84.9 Å². The van der Waals surface area contributed by atoms with E-state index in [0.717, 1.165) is 21.7 Å². The summed E-state index contributed by atoms with van der Waals surface area (Å²) >= 11 is 5.95. The number of amides is 2. The number of carbonyl (C=O) groups excluding carboxylic acids is 2. The third-order valence-corrected chi connectivity index (χ3v) is 7.01. The number of benzene rings is 3. The highest BCUT2D eigenvalue weighted by Crippen LogP contribution is 2.24. The molecule has 1 unspecified atom stereocenters. The van der Waals surface area contributed by atoms with E-state index in [1.165, 1.54) is 11.9 Å². The average Bonchev–Trinajstić information content (AvgIpc) is 2.84. The highest BCUT2D eigenvalue weighted by Gasteiger charge is 2.32. The van der Waals surface area contributed by atoms with Crippen LogP contribution in [0.4, 0.5) is 0 Å². The predicted molar refractivity (Wildman–Crippen MR) is 137 cm³/mol. The SMILES string of the molecule is CN(CC(=O)N(Cc1ccccc1)C(C(=O)NCc1ccc(Cl)cc1)c1ccccc1)S(C)(=O)=O. The topological polar surface area (TPSA) is 86.8 Å². The van der Waals surface area contributed by atoms with E-state index in [4.69, 9.17) is 11.6 Å². The van der Waals surface area contributed by atoms with Crippen LogP contribution in [-0.2, 0) is 32.7 Å². The first-order chi connectivity index (χ1) is 16.6. The molecule has 0 fully saturated rings. The molecule has 35 heavy (non-hydrogen) atoms. The summed E-state index contributed by atoms with van der Waals surface area (Å²) in [5.41, 5.74) is 2.29. The molecule has 1 N–H and O–H groups in total. The van der Waals surface area contributed by atoms with Gasteiger partial charge in [-0.1, -0.05) is 84.4 Å². The summed E-state index contributed by atoms with van der Waals surface area (Å²) in [4.78, 5) is 28.4. The fourth-order valence-electron chi connectivity index (χ4n) is 3.50. The van der Waals surface area contributed by atoms with Crippen molar-refractivity contribution in [1.29, 1.82) is 0 Å². The quantitative estimate of drug-likeness (QED) is 0.448. The van der Waals surface area contributed by atoms with Crippen molar-refractivity contribution in [3.63, 3.8) is 0 Å². The molecule has 0 aromatic heterocycles. The number of hydrogen-bond acceptors (Lipinski definition) is 4. The minimum atomic E-state index is -3.59. The maximum Gasteiger partial charge on any atom is 0.247 e. The summed E-state index contributed by atoms with van der Waals surface area (Å²) in [6, 6.07) is 24.4. The average molecular weight is 514 g/mol. The first kappa shape index (κ1) is 26.4. The van der Waals surface area contributed by atoms with Gasteiger partial charge in [-0.25, -0.2) is 8.42 Å². The van der Waals surface area contributed by atoms with Crippen LogP contribution in [0.25, 0.3) is 0 Å². The molecule has 3 aromatic rings. The number of rotatable bonds is 10. The van der Waals surface area contributed by atoms with E-state index in [2.05, 4.69) is 5.32 Å². The van der Waals surface area contributed by atoms with Crippen LogP contribution >= 0.6 is 11.6 Å². The van der Waals surface area contributed by atoms with Gasteiger partial charge >= 0.3 is 0 Å². The van der Waals surface area contributed by atoms with Gasteiger partial charge in [0.25, 0.3) is 0 Å². The highest BCUT2D eigenvalue weighted by atomic mass is 35.5. The van der Waals surface area contributed by atoms with Crippen LogP contribution in [0, 0.1) is 0 Å². The highest BCUT2D eigenvalue weighted by molar-refractivity contribution is 7.88. The van der Waals surface area contributed by atoms with E-state index in [-0.39, 0.29) is 25.5 Å². The lowest BCUT2D eigenvalue weighted by atomic mass is 10.0. The van der Waals surface area contributed by atoms with Gasteiger partial charge in [0.2, 0.25) is 21.8 Å². The van der Waals surface area contributed by atoms with E-state index < -0.39 is 22.0 Å². The lowest BCUT2D eigenvalue weighted by Gasteiger charge is -2.32. The molecule has 184 valence electrons. The molecule has 2 amide bonds. The summed E-state index contributed by atoms with van der Waals surface area (Å²) in [5, 5.41) is 3.51. The molecule has 0 aliphatic rings. The van der Waals surface area contributed by atoms with Crippen molar-refractivity contribution in [2.45, 2.75) is 19.1 Å². The Bertz CT molecular complexity index is 1240. The molecule has 7 nitrogen and oxygen atoms in total. The van der Waals surface area contributed by atoms with Gasteiger partial charge in [0.1, 0.15) is 6.04 Å². The Morgan fingerprint density at radius 1 is 0.886 bits per heavy atom. The third kappa shape index (κ3) is 7.65. The molecule has 3 aromatic carbocycles. The van der Waals surface area contributed by atoms with Crippen LogP contribution < -0.4 is 5.32 Å². The zero-order chi connectivity index (χ0) is 25.4. The van der Waals surface area contributed by atoms with E-state index in [1.807, 2.05) is 48.5 Å². The maximum atomic E-state index is 13.5. The van der Waals surface area contributed by atoms with E-state index in [0.29, 0.717) is 10.6 Å². The zero-order valence-corrected chi connectivity index (χ0v) is 21.2. The van der Waals surface area contributed by atoms with Crippen molar-refractivity contribution < 1.29 is 18.0 Å². The largest absolute Gasteiger partial charge is 0.350 e. The van der Waals surface area contributed by atoms with Gasteiger partial charge in [0.05, 0.1) is 12.8 Å². The lowest BCUT2D eigenvalue weighted by molar-refractivity contribution is -0.141. The number of nitrogens with zero attached hydrogens (tertiary/aromatic N) is 2. The lowest BCUT2D eigenvalue weighted by Crippen LogP contribution is -2.47. The molecule has 3 rings (SSSR count). The first-order valence-electron chi connectivity index (χ1n) is 11.0. The molecule has 0 saturated heterocycles. The molecule has 1 atom stereocenters. The van der Waals surface area contributed by atoms with Gasteiger partial charge in [-0.3, -0.25) is 9.59 Å². The second-order valence-electron chi connectivity index (χ2n) is 8.18. The Morgan fingerprint density at radius 3 is 2.03 bits per heavy atom. The maximum absolute atomic E-state index is 13.5. The van der Waals surface area contributed by atoms with Gasteiger partial charge in [-0.2, -0.15) is 4.31 Å². The standard InChI is InChI=1S/C26H28ClN3O4S/c1-29(35(2,33)34)19-24(31)30(18-21-9-5-3-6-10-21)25(22-11-7-4-8-12-22)26(32)28-17-20-13-15-23(27)16-14-20/h3-16,25H,17-19H2,1-2H3,(H,28,32).